The zero-order valence-electron chi connectivity index (χ0n) is 15.2. The molecule has 0 spiro atoms. The lowest BCUT2D eigenvalue weighted by Crippen LogP contribution is -2.52. The third-order valence-electron chi connectivity index (χ3n) is 5.62. The summed E-state index contributed by atoms with van der Waals surface area (Å²) in [6.45, 7) is 5.65. The number of amides is 2. The summed E-state index contributed by atoms with van der Waals surface area (Å²) in [5.74, 6) is 0.210. The molecule has 2 aliphatic rings. The minimum absolute atomic E-state index is 0.0841. The molecule has 1 aliphatic carbocycles. The van der Waals surface area contributed by atoms with Crippen molar-refractivity contribution in [2.24, 2.45) is 5.92 Å². The normalized spacial score (nSPS) is 31.1. The number of ether oxygens (including phenoxy) is 1. The van der Waals surface area contributed by atoms with Gasteiger partial charge in [0.2, 0.25) is 5.91 Å². The number of hydrogen-bond acceptors (Lipinski definition) is 4. The number of carboxylic acid groups (broad SMARTS) is 1. The van der Waals surface area contributed by atoms with Crippen LogP contribution in [-0.4, -0.2) is 78.4 Å². The average Bonchev–Trinajstić information content (AvgIpc) is 2.87. The van der Waals surface area contributed by atoms with Gasteiger partial charge in [-0.15, -0.1) is 0 Å². The van der Waals surface area contributed by atoms with Crippen molar-refractivity contribution < 1.29 is 19.4 Å². The van der Waals surface area contributed by atoms with Crippen LogP contribution < -0.4 is 5.32 Å². The highest BCUT2D eigenvalue weighted by Crippen LogP contribution is 2.34. The molecular formula is C17H31N3O4. The van der Waals surface area contributed by atoms with Crippen LogP contribution in [0, 0.1) is 5.92 Å². The second-order valence-corrected chi connectivity index (χ2v) is 7.33. The first kappa shape index (κ1) is 19.0. The molecule has 0 bridgehead atoms. The van der Waals surface area contributed by atoms with E-state index in [0.717, 1.165) is 19.3 Å². The van der Waals surface area contributed by atoms with E-state index in [4.69, 9.17) is 9.84 Å². The number of hydrogen-bond donors (Lipinski definition) is 2. The molecule has 0 unspecified atom stereocenters. The van der Waals surface area contributed by atoms with Crippen LogP contribution in [-0.2, 0) is 9.53 Å². The second-order valence-electron chi connectivity index (χ2n) is 7.33. The van der Waals surface area contributed by atoms with E-state index in [0.29, 0.717) is 37.6 Å². The van der Waals surface area contributed by atoms with Gasteiger partial charge in [0.1, 0.15) is 6.04 Å². The lowest BCUT2D eigenvalue weighted by Gasteiger charge is -2.44. The van der Waals surface area contributed by atoms with E-state index in [9.17, 15) is 9.59 Å². The number of carbonyl (C=O) groups is 2. The quantitative estimate of drug-likeness (QED) is 0.763. The van der Waals surface area contributed by atoms with Crippen molar-refractivity contribution in [1.29, 1.82) is 0 Å². The maximum absolute atomic E-state index is 12.6. The summed E-state index contributed by atoms with van der Waals surface area (Å²) in [6, 6.07) is 0.552. The Balaban J connectivity index is 2.04. The summed E-state index contributed by atoms with van der Waals surface area (Å²) in [4.78, 5) is 27.7. The molecule has 2 fully saturated rings. The Morgan fingerprint density at radius 3 is 2.71 bits per heavy atom. The van der Waals surface area contributed by atoms with E-state index in [2.05, 4.69) is 31.1 Å². The van der Waals surface area contributed by atoms with Crippen molar-refractivity contribution in [3.05, 3.63) is 0 Å². The molecule has 2 amide bonds. The van der Waals surface area contributed by atoms with Crippen LogP contribution in [0.1, 0.15) is 39.5 Å². The zero-order chi connectivity index (χ0) is 17.9. The Hall–Kier alpha value is -1.34. The monoisotopic (exact) mass is 341 g/mol. The maximum atomic E-state index is 12.6. The van der Waals surface area contributed by atoms with Crippen LogP contribution in [0.15, 0.2) is 0 Å². The molecule has 0 radical (unpaired) electrons. The number of nitrogens with one attached hydrogen (secondary N) is 1. The molecule has 7 nitrogen and oxygen atoms in total. The first-order valence-electron chi connectivity index (χ1n) is 8.86. The van der Waals surface area contributed by atoms with Crippen molar-refractivity contribution in [2.75, 3.05) is 27.3 Å². The predicted molar refractivity (Wildman–Crippen MR) is 91.0 cm³/mol. The molecule has 138 valence electrons. The largest absolute Gasteiger partial charge is 0.465 e. The van der Waals surface area contributed by atoms with Crippen LogP contribution in [0.3, 0.4) is 0 Å². The SMILES string of the molecule is COC[C@H]1C[C@H](N(C)C(C)C)CC[C@@H]1N1CC[C@H](NC(=O)O)C1=O. The fourth-order valence-electron chi connectivity index (χ4n) is 4.13. The average molecular weight is 341 g/mol. The van der Waals surface area contributed by atoms with Crippen molar-refractivity contribution in [3.8, 4) is 0 Å². The Bertz CT molecular complexity index is 457. The topological polar surface area (TPSA) is 82.1 Å². The number of nitrogens with zero attached hydrogens (tertiary/aromatic N) is 2. The summed E-state index contributed by atoms with van der Waals surface area (Å²) in [5, 5.41) is 11.2. The Morgan fingerprint density at radius 1 is 1.42 bits per heavy atom. The molecule has 1 aliphatic heterocycles. The molecule has 7 heteroatoms. The fraction of sp³-hybridized carbons (Fsp3) is 0.882. The molecule has 1 heterocycles. The van der Waals surface area contributed by atoms with E-state index in [-0.39, 0.29) is 11.9 Å². The van der Waals surface area contributed by atoms with Crippen molar-refractivity contribution in [1.82, 2.24) is 15.1 Å². The minimum atomic E-state index is -1.13. The molecular weight excluding hydrogens is 310 g/mol. The Morgan fingerprint density at radius 2 is 2.12 bits per heavy atom. The maximum Gasteiger partial charge on any atom is 0.405 e. The Labute approximate surface area is 144 Å². The summed E-state index contributed by atoms with van der Waals surface area (Å²) in [6.07, 6.45) is 2.43. The van der Waals surface area contributed by atoms with Crippen LogP contribution in [0.2, 0.25) is 0 Å². The van der Waals surface area contributed by atoms with Crippen molar-refractivity contribution >= 4 is 12.0 Å². The number of methoxy groups -OCH3 is 1. The number of carbonyl (C=O) groups excluding carboxylic acids is 1. The van der Waals surface area contributed by atoms with Gasteiger partial charge in [-0.25, -0.2) is 4.79 Å². The van der Waals surface area contributed by atoms with Crippen molar-refractivity contribution in [2.45, 2.75) is 63.7 Å². The summed E-state index contributed by atoms with van der Waals surface area (Å²) < 4.78 is 5.42. The second kappa shape index (κ2) is 8.16. The molecule has 1 saturated carbocycles. The van der Waals surface area contributed by atoms with Gasteiger partial charge in [0.15, 0.2) is 0 Å². The minimum Gasteiger partial charge on any atom is -0.465 e. The van der Waals surface area contributed by atoms with E-state index in [1.807, 2.05) is 4.90 Å². The van der Waals surface area contributed by atoms with Gasteiger partial charge < -0.3 is 25.0 Å². The van der Waals surface area contributed by atoms with Crippen LogP contribution >= 0.6 is 0 Å². The third-order valence-corrected chi connectivity index (χ3v) is 5.62. The van der Waals surface area contributed by atoms with Gasteiger partial charge in [-0.2, -0.15) is 0 Å². The molecule has 0 aromatic rings. The predicted octanol–water partition coefficient (Wildman–Crippen LogP) is 1.38. The van der Waals surface area contributed by atoms with Gasteiger partial charge in [0, 0.05) is 37.7 Å². The molecule has 24 heavy (non-hydrogen) atoms. The summed E-state index contributed by atoms with van der Waals surface area (Å²) in [7, 11) is 3.86. The molecule has 1 saturated heterocycles. The van der Waals surface area contributed by atoms with Gasteiger partial charge in [0.25, 0.3) is 0 Å². The molecule has 0 aromatic heterocycles. The van der Waals surface area contributed by atoms with Gasteiger partial charge >= 0.3 is 6.09 Å². The highest BCUT2D eigenvalue weighted by molar-refractivity contribution is 5.87. The van der Waals surface area contributed by atoms with Crippen LogP contribution in [0.4, 0.5) is 4.79 Å². The van der Waals surface area contributed by atoms with Gasteiger partial charge in [-0.1, -0.05) is 0 Å². The molecule has 0 aromatic carbocycles. The van der Waals surface area contributed by atoms with Crippen LogP contribution in [0.5, 0.6) is 0 Å². The van der Waals surface area contributed by atoms with E-state index in [1.54, 1.807) is 7.11 Å². The standard InChI is InChI=1S/C17H31N3O4/c1-11(2)19(3)13-5-6-15(12(9-13)10-24-4)20-8-7-14(16(20)21)18-17(22)23/h11-15,18H,5-10H2,1-4H3,(H,22,23)/t12-,13-,14+,15+/m1/s1. The summed E-state index contributed by atoms with van der Waals surface area (Å²) >= 11 is 0. The van der Waals surface area contributed by atoms with Crippen molar-refractivity contribution in [3.63, 3.8) is 0 Å². The van der Waals surface area contributed by atoms with Gasteiger partial charge in [0.05, 0.1) is 6.61 Å². The summed E-state index contributed by atoms with van der Waals surface area (Å²) in [5.41, 5.74) is 0. The lowest BCUT2D eigenvalue weighted by atomic mass is 9.80. The lowest BCUT2D eigenvalue weighted by molar-refractivity contribution is -0.134. The highest BCUT2D eigenvalue weighted by Gasteiger charge is 2.42. The van der Waals surface area contributed by atoms with Gasteiger partial charge in [-0.05, 0) is 46.6 Å². The smallest absolute Gasteiger partial charge is 0.405 e. The van der Waals surface area contributed by atoms with E-state index in [1.165, 1.54) is 0 Å². The highest BCUT2D eigenvalue weighted by atomic mass is 16.5. The number of rotatable bonds is 6. The number of likely N-dealkylation sites (tertiary alicyclic amines) is 1. The molecule has 2 rings (SSSR count). The molecule has 2 N–H and O–H groups in total. The van der Waals surface area contributed by atoms with Crippen LogP contribution in [0.25, 0.3) is 0 Å². The first-order valence-corrected chi connectivity index (χ1v) is 8.86. The van der Waals surface area contributed by atoms with E-state index < -0.39 is 12.1 Å². The molecule has 4 atom stereocenters. The van der Waals surface area contributed by atoms with Gasteiger partial charge in [-0.3, -0.25) is 4.79 Å². The third kappa shape index (κ3) is 4.19. The fourth-order valence-corrected chi connectivity index (χ4v) is 4.13. The van der Waals surface area contributed by atoms with E-state index >= 15 is 0 Å². The first-order chi connectivity index (χ1) is 11.3. The Kier molecular flexibility index (Phi) is 6.46. The zero-order valence-corrected chi connectivity index (χ0v) is 15.2.